The number of aromatic nitrogens is 2. The van der Waals surface area contributed by atoms with Gasteiger partial charge < -0.3 is 0 Å². The molecular formula is C26H20N2. The Morgan fingerprint density at radius 1 is 0.643 bits per heavy atom. The molecule has 2 nitrogen and oxygen atoms in total. The van der Waals surface area contributed by atoms with E-state index in [9.17, 15) is 0 Å². The van der Waals surface area contributed by atoms with Crippen LogP contribution in [0.1, 0.15) is 11.4 Å². The summed E-state index contributed by atoms with van der Waals surface area (Å²) in [5.74, 6) is 0. The van der Waals surface area contributed by atoms with Gasteiger partial charge in [-0.25, -0.2) is 0 Å². The highest BCUT2D eigenvalue weighted by Gasteiger charge is 2.12. The lowest BCUT2D eigenvalue weighted by Gasteiger charge is -2.13. The minimum absolute atomic E-state index is 0.943. The Labute approximate surface area is 164 Å². The lowest BCUT2D eigenvalue weighted by molar-refractivity contribution is 1.06. The van der Waals surface area contributed by atoms with Crippen LogP contribution in [0.3, 0.4) is 0 Å². The maximum absolute atomic E-state index is 4.68. The van der Waals surface area contributed by atoms with Crippen LogP contribution in [0.4, 0.5) is 0 Å². The maximum atomic E-state index is 4.68. The molecule has 0 fully saturated rings. The molecule has 28 heavy (non-hydrogen) atoms. The fraction of sp³-hybridized carbons (Fsp3) is 0.0769. The number of hydrogen-bond acceptors (Lipinski definition) is 2. The average molecular weight is 360 g/mol. The zero-order valence-electron chi connectivity index (χ0n) is 16.0. The molecular weight excluding hydrogens is 340 g/mol. The molecule has 1 aromatic heterocycles. The molecule has 0 bridgehead atoms. The highest BCUT2D eigenvalue weighted by atomic mass is 14.8. The molecule has 0 saturated carbocycles. The number of hydrogen-bond donors (Lipinski definition) is 0. The van der Waals surface area contributed by atoms with E-state index in [1.807, 2.05) is 20.0 Å². The molecule has 0 atom stereocenters. The van der Waals surface area contributed by atoms with Crippen molar-refractivity contribution in [2.45, 2.75) is 13.8 Å². The molecule has 0 aliphatic rings. The van der Waals surface area contributed by atoms with Crippen molar-refractivity contribution < 1.29 is 0 Å². The van der Waals surface area contributed by atoms with Gasteiger partial charge in [0.25, 0.3) is 0 Å². The Morgan fingerprint density at radius 3 is 2.11 bits per heavy atom. The summed E-state index contributed by atoms with van der Waals surface area (Å²) in [7, 11) is 0. The largest absolute Gasteiger partial charge is 0.255 e. The standard InChI is InChI=1S/C26H20N2/c1-17-16-27-26(18(2)28-17)25-14-13-22(23-9-5-6-10-24(23)25)21-12-11-19-7-3-4-8-20(19)15-21/h3-16H,1-2H3. The van der Waals surface area contributed by atoms with Crippen LogP contribution in [0, 0.1) is 13.8 Å². The molecule has 0 aliphatic carbocycles. The smallest absolute Gasteiger partial charge is 0.0920 e. The quantitative estimate of drug-likeness (QED) is 0.349. The first-order chi connectivity index (χ1) is 13.7. The number of benzene rings is 4. The van der Waals surface area contributed by atoms with Gasteiger partial charge in [-0.3, -0.25) is 9.97 Å². The second kappa shape index (κ2) is 6.58. The van der Waals surface area contributed by atoms with Crippen molar-refractivity contribution >= 4 is 21.5 Å². The normalized spacial score (nSPS) is 11.2. The molecule has 0 unspecified atom stereocenters. The van der Waals surface area contributed by atoms with Crippen molar-refractivity contribution in [3.63, 3.8) is 0 Å². The van der Waals surface area contributed by atoms with Crippen LogP contribution in [0.25, 0.3) is 43.9 Å². The van der Waals surface area contributed by atoms with E-state index < -0.39 is 0 Å². The van der Waals surface area contributed by atoms with Crippen molar-refractivity contribution in [2.75, 3.05) is 0 Å². The number of rotatable bonds is 2. The lowest BCUT2D eigenvalue weighted by atomic mass is 9.92. The van der Waals surface area contributed by atoms with Crippen LogP contribution in [-0.4, -0.2) is 9.97 Å². The predicted octanol–water partition coefficient (Wildman–Crippen LogP) is 6.73. The van der Waals surface area contributed by atoms with E-state index in [-0.39, 0.29) is 0 Å². The Morgan fingerprint density at radius 2 is 1.32 bits per heavy atom. The van der Waals surface area contributed by atoms with E-state index in [4.69, 9.17) is 0 Å². The Hall–Kier alpha value is -3.52. The van der Waals surface area contributed by atoms with E-state index in [1.165, 1.54) is 32.7 Å². The summed E-state index contributed by atoms with van der Waals surface area (Å²) in [6.07, 6.45) is 1.84. The number of nitrogens with zero attached hydrogens (tertiary/aromatic N) is 2. The van der Waals surface area contributed by atoms with E-state index in [0.717, 1.165) is 22.6 Å². The molecule has 4 aromatic carbocycles. The molecule has 5 rings (SSSR count). The second-order valence-electron chi connectivity index (χ2n) is 7.21. The summed E-state index contributed by atoms with van der Waals surface area (Å²) in [5, 5.41) is 4.96. The highest BCUT2D eigenvalue weighted by Crippen LogP contribution is 2.36. The zero-order chi connectivity index (χ0) is 19.1. The summed E-state index contributed by atoms with van der Waals surface area (Å²) in [6.45, 7) is 4.01. The van der Waals surface area contributed by atoms with Crippen LogP contribution in [-0.2, 0) is 0 Å². The molecule has 0 radical (unpaired) electrons. The van der Waals surface area contributed by atoms with Gasteiger partial charge >= 0.3 is 0 Å². The average Bonchev–Trinajstić information content (AvgIpc) is 2.73. The van der Waals surface area contributed by atoms with Gasteiger partial charge in [0.1, 0.15) is 0 Å². The fourth-order valence-corrected chi connectivity index (χ4v) is 3.98. The van der Waals surface area contributed by atoms with Gasteiger partial charge in [-0.05, 0) is 52.6 Å². The van der Waals surface area contributed by atoms with E-state index >= 15 is 0 Å². The van der Waals surface area contributed by atoms with Crippen molar-refractivity contribution in [1.29, 1.82) is 0 Å². The number of aryl methyl sites for hydroxylation is 2. The molecule has 0 amide bonds. The van der Waals surface area contributed by atoms with Crippen LogP contribution >= 0.6 is 0 Å². The van der Waals surface area contributed by atoms with Crippen molar-refractivity contribution in [3.8, 4) is 22.4 Å². The molecule has 0 aliphatic heterocycles. The van der Waals surface area contributed by atoms with E-state index in [1.54, 1.807) is 0 Å². The summed E-state index contributed by atoms with van der Waals surface area (Å²) in [6, 6.07) is 28.1. The van der Waals surface area contributed by atoms with Crippen LogP contribution < -0.4 is 0 Å². The Bertz CT molecular complexity index is 1340. The molecule has 134 valence electrons. The number of fused-ring (bicyclic) bond motifs is 2. The highest BCUT2D eigenvalue weighted by molar-refractivity contribution is 6.05. The zero-order valence-corrected chi connectivity index (χ0v) is 16.0. The Kier molecular flexibility index (Phi) is 3.91. The first kappa shape index (κ1) is 16.6. The molecule has 0 saturated heterocycles. The van der Waals surface area contributed by atoms with Gasteiger partial charge in [0.2, 0.25) is 0 Å². The molecule has 5 aromatic rings. The minimum Gasteiger partial charge on any atom is -0.255 e. The predicted molar refractivity (Wildman–Crippen MR) is 117 cm³/mol. The van der Waals surface area contributed by atoms with Crippen molar-refractivity contribution in [3.05, 3.63) is 96.4 Å². The summed E-state index contributed by atoms with van der Waals surface area (Å²) < 4.78 is 0. The summed E-state index contributed by atoms with van der Waals surface area (Å²) in [5.41, 5.74) is 6.45. The van der Waals surface area contributed by atoms with Gasteiger partial charge in [-0.2, -0.15) is 0 Å². The first-order valence-corrected chi connectivity index (χ1v) is 9.52. The summed E-state index contributed by atoms with van der Waals surface area (Å²) in [4.78, 5) is 9.29. The third kappa shape index (κ3) is 2.74. The molecule has 0 spiro atoms. The van der Waals surface area contributed by atoms with Gasteiger partial charge in [-0.15, -0.1) is 0 Å². The van der Waals surface area contributed by atoms with Gasteiger partial charge in [0, 0.05) is 11.8 Å². The topological polar surface area (TPSA) is 25.8 Å². The van der Waals surface area contributed by atoms with E-state index in [0.29, 0.717) is 0 Å². The Balaban J connectivity index is 1.75. The van der Waals surface area contributed by atoms with Crippen LogP contribution in [0.2, 0.25) is 0 Å². The maximum Gasteiger partial charge on any atom is 0.0920 e. The third-order valence-corrected chi connectivity index (χ3v) is 5.31. The molecule has 1 heterocycles. The van der Waals surface area contributed by atoms with Gasteiger partial charge in [0.05, 0.1) is 17.1 Å². The van der Waals surface area contributed by atoms with Crippen molar-refractivity contribution in [2.24, 2.45) is 0 Å². The minimum atomic E-state index is 0.943. The third-order valence-electron chi connectivity index (χ3n) is 5.31. The van der Waals surface area contributed by atoms with Gasteiger partial charge in [-0.1, -0.05) is 72.8 Å². The van der Waals surface area contributed by atoms with Crippen molar-refractivity contribution in [1.82, 2.24) is 9.97 Å². The monoisotopic (exact) mass is 360 g/mol. The lowest BCUT2D eigenvalue weighted by Crippen LogP contribution is -1.95. The molecule has 0 N–H and O–H groups in total. The van der Waals surface area contributed by atoms with Crippen LogP contribution in [0.15, 0.2) is 85.1 Å². The second-order valence-corrected chi connectivity index (χ2v) is 7.21. The van der Waals surface area contributed by atoms with E-state index in [2.05, 4.69) is 88.8 Å². The summed E-state index contributed by atoms with van der Waals surface area (Å²) >= 11 is 0. The molecule has 2 heteroatoms. The fourth-order valence-electron chi connectivity index (χ4n) is 3.98. The SMILES string of the molecule is Cc1cnc(-c2ccc(-c3ccc4ccccc4c3)c3ccccc23)c(C)n1. The van der Waals surface area contributed by atoms with Crippen LogP contribution in [0.5, 0.6) is 0 Å². The first-order valence-electron chi connectivity index (χ1n) is 9.52. The van der Waals surface area contributed by atoms with Gasteiger partial charge in [0.15, 0.2) is 0 Å².